The van der Waals surface area contributed by atoms with E-state index in [0.29, 0.717) is 44.6 Å². The zero-order chi connectivity index (χ0) is 25.9. The Labute approximate surface area is 224 Å². The number of benzene rings is 2. The third kappa shape index (κ3) is 4.69. The Bertz CT molecular complexity index is 1410. The summed E-state index contributed by atoms with van der Waals surface area (Å²) in [4.78, 5) is 19.8. The molecule has 6 rings (SSSR count). The molecule has 1 saturated carbocycles. The molecule has 1 aliphatic carbocycles. The minimum Gasteiger partial charge on any atom is -0.481 e. The van der Waals surface area contributed by atoms with Crippen molar-refractivity contribution in [1.29, 1.82) is 0 Å². The number of pyridine rings is 1. The van der Waals surface area contributed by atoms with E-state index in [4.69, 9.17) is 9.47 Å². The quantitative estimate of drug-likeness (QED) is 0.307. The monoisotopic (exact) mass is 509 g/mol. The predicted molar refractivity (Wildman–Crippen MR) is 150 cm³/mol. The number of amides is 1. The van der Waals surface area contributed by atoms with E-state index in [0.717, 1.165) is 22.2 Å². The van der Waals surface area contributed by atoms with E-state index in [-0.39, 0.29) is 5.91 Å². The normalized spacial score (nSPS) is 16.6. The molecule has 1 aliphatic heterocycles. The van der Waals surface area contributed by atoms with Gasteiger partial charge in [0.25, 0.3) is 0 Å². The average Bonchev–Trinajstić information content (AvgIpc) is 3.32. The van der Waals surface area contributed by atoms with Crippen LogP contribution >= 0.6 is 0 Å². The maximum absolute atomic E-state index is 13.5. The van der Waals surface area contributed by atoms with Gasteiger partial charge < -0.3 is 18.9 Å². The number of methoxy groups -OCH3 is 1. The summed E-state index contributed by atoms with van der Waals surface area (Å²) in [6.07, 6.45) is 7.97. The van der Waals surface area contributed by atoms with Crippen LogP contribution in [0.2, 0.25) is 0 Å². The van der Waals surface area contributed by atoms with Gasteiger partial charge in [-0.1, -0.05) is 61.7 Å². The molecule has 0 radical (unpaired) electrons. The largest absolute Gasteiger partial charge is 0.481 e. The van der Waals surface area contributed by atoms with E-state index in [1.165, 1.54) is 48.7 Å². The van der Waals surface area contributed by atoms with Gasteiger partial charge in [0.1, 0.15) is 6.54 Å². The highest BCUT2D eigenvalue weighted by atomic mass is 16.5. The minimum atomic E-state index is 0.155. The van der Waals surface area contributed by atoms with Crippen molar-refractivity contribution in [2.45, 2.75) is 44.6 Å². The summed E-state index contributed by atoms with van der Waals surface area (Å²) < 4.78 is 13.3. The van der Waals surface area contributed by atoms with Crippen molar-refractivity contribution < 1.29 is 14.3 Å². The van der Waals surface area contributed by atoms with Gasteiger partial charge in [-0.25, -0.2) is 4.98 Å². The molecule has 1 amide bonds. The Morgan fingerprint density at radius 3 is 2.45 bits per heavy atom. The summed E-state index contributed by atoms with van der Waals surface area (Å²) >= 11 is 0. The van der Waals surface area contributed by atoms with E-state index >= 15 is 0 Å². The Hall–Kier alpha value is -3.64. The third-order valence-corrected chi connectivity index (χ3v) is 8.11. The fourth-order valence-electron chi connectivity index (χ4n) is 6.24. The zero-order valence-electron chi connectivity index (χ0n) is 22.1. The summed E-state index contributed by atoms with van der Waals surface area (Å²) in [5.74, 6) is 1.28. The van der Waals surface area contributed by atoms with E-state index in [9.17, 15) is 4.79 Å². The molecule has 6 heteroatoms. The Morgan fingerprint density at radius 2 is 1.68 bits per heavy atom. The van der Waals surface area contributed by atoms with Crippen molar-refractivity contribution in [3.8, 4) is 28.3 Å². The molecule has 2 aliphatic rings. The molecular formula is C32H35N3O3. The maximum atomic E-state index is 13.5. The predicted octanol–water partition coefficient (Wildman–Crippen LogP) is 6.29. The summed E-state index contributed by atoms with van der Waals surface area (Å²) in [6, 6.07) is 21.3. The highest BCUT2D eigenvalue weighted by Crippen LogP contribution is 2.44. The highest BCUT2D eigenvalue weighted by molar-refractivity contribution is 5.94. The van der Waals surface area contributed by atoms with Crippen LogP contribution in [0.4, 0.5) is 0 Å². The number of carbonyl (C=O) groups excluding carboxylic acids is 1. The number of hydrogen-bond donors (Lipinski definition) is 0. The lowest BCUT2D eigenvalue weighted by atomic mass is 9.82. The summed E-state index contributed by atoms with van der Waals surface area (Å²) in [6.45, 7) is 2.87. The van der Waals surface area contributed by atoms with Gasteiger partial charge in [0.15, 0.2) is 0 Å². The van der Waals surface area contributed by atoms with Crippen molar-refractivity contribution in [3.63, 3.8) is 0 Å². The SMILES string of the molecule is COc1ncccc1-c1ccc(-c2c(C3CCCCC3)c3ccccc3n2CC(=O)N2CCOCC2)cc1. The van der Waals surface area contributed by atoms with E-state index in [1.54, 1.807) is 13.3 Å². The standard InChI is InChI=1S/C32H35N3O3/c1-37-32-26(11-7-17-33-32)23-13-15-25(16-14-23)31-30(24-8-3-2-4-9-24)27-10-5-6-12-28(27)35(31)22-29(36)34-18-20-38-21-19-34/h5-7,10-17,24H,2-4,8-9,18-22H2,1H3. The summed E-state index contributed by atoms with van der Waals surface area (Å²) in [7, 11) is 1.65. The lowest BCUT2D eigenvalue weighted by Gasteiger charge is -2.28. The molecule has 0 atom stereocenters. The number of morpholine rings is 1. The van der Waals surface area contributed by atoms with Crippen LogP contribution in [-0.2, 0) is 16.1 Å². The van der Waals surface area contributed by atoms with Crippen LogP contribution in [0.1, 0.15) is 43.6 Å². The molecule has 0 N–H and O–H groups in total. The number of para-hydroxylation sites is 1. The molecule has 2 aromatic carbocycles. The first-order valence-corrected chi connectivity index (χ1v) is 13.8. The number of rotatable bonds is 6. The van der Waals surface area contributed by atoms with E-state index < -0.39 is 0 Å². The van der Waals surface area contributed by atoms with Crippen LogP contribution in [0.5, 0.6) is 5.88 Å². The van der Waals surface area contributed by atoms with Crippen molar-refractivity contribution in [2.24, 2.45) is 0 Å². The molecule has 2 fully saturated rings. The number of fused-ring (bicyclic) bond motifs is 1. The molecule has 0 bridgehead atoms. The van der Waals surface area contributed by atoms with Crippen molar-refractivity contribution in [3.05, 3.63) is 72.4 Å². The topological polar surface area (TPSA) is 56.6 Å². The van der Waals surface area contributed by atoms with Gasteiger partial charge in [0.05, 0.1) is 26.0 Å². The van der Waals surface area contributed by atoms with Gasteiger partial charge >= 0.3 is 0 Å². The first-order chi connectivity index (χ1) is 18.7. The van der Waals surface area contributed by atoms with Crippen LogP contribution in [0.3, 0.4) is 0 Å². The number of carbonyl (C=O) groups is 1. The second kappa shape index (κ2) is 11.0. The zero-order valence-corrected chi connectivity index (χ0v) is 22.1. The molecule has 38 heavy (non-hydrogen) atoms. The number of ether oxygens (including phenoxy) is 2. The Kier molecular flexibility index (Phi) is 7.14. The van der Waals surface area contributed by atoms with Crippen molar-refractivity contribution in [1.82, 2.24) is 14.5 Å². The van der Waals surface area contributed by atoms with Crippen molar-refractivity contribution in [2.75, 3.05) is 33.4 Å². The fraction of sp³-hybridized carbons (Fsp3) is 0.375. The van der Waals surface area contributed by atoms with Gasteiger partial charge in [0, 0.05) is 35.8 Å². The van der Waals surface area contributed by atoms with Crippen LogP contribution in [-0.4, -0.2) is 53.8 Å². The van der Waals surface area contributed by atoms with Gasteiger partial charge in [0.2, 0.25) is 11.8 Å². The molecular weight excluding hydrogens is 474 g/mol. The Morgan fingerprint density at radius 1 is 0.947 bits per heavy atom. The molecule has 3 heterocycles. The van der Waals surface area contributed by atoms with Crippen LogP contribution in [0, 0.1) is 0 Å². The van der Waals surface area contributed by atoms with Crippen LogP contribution in [0.25, 0.3) is 33.3 Å². The molecule has 196 valence electrons. The van der Waals surface area contributed by atoms with Crippen molar-refractivity contribution >= 4 is 16.8 Å². The van der Waals surface area contributed by atoms with Gasteiger partial charge in [-0.15, -0.1) is 0 Å². The molecule has 4 aromatic rings. The fourth-order valence-corrected chi connectivity index (χ4v) is 6.24. The van der Waals surface area contributed by atoms with Gasteiger partial charge in [-0.3, -0.25) is 4.79 Å². The Balaban J connectivity index is 1.47. The molecule has 6 nitrogen and oxygen atoms in total. The smallest absolute Gasteiger partial charge is 0.242 e. The van der Waals surface area contributed by atoms with Gasteiger partial charge in [-0.05, 0) is 53.6 Å². The molecule has 2 aromatic heterocycles. The first kappa shape index (κ1) is 24.7. The lowest BCUT2D eigenvalue weighted by molar-refractivity contribution is -0.135. The highest BCUT2D eigenvalue weighted by Gasteiger charge is 2.28. The van der Waals surface area contributed by atoms with Crippen LogP contribution < -0.4 is 4.74 Å². The number of nitrogens with zero attached hydrogens (tertiary/aromatic N) is 3. The van der Waals surface area contributed by atoms with Crippen LogP contribution in [0.15, 0.2) is 66.9 Å². The minimum absolute atomic E-state index is 0.155. The van der Waals surface area contributed by atoms with E-state index in [2.05, 4.69) is 58.1 Å². The number of aromatic nitrogens is 2. The number of hydrogen-bond acceptors (Lipinski definition) is 4. The first-order valence-electron chi connectivity index (χ1n) is 13.8. The lowest BCUT2D eigenvalue weighted by Crippen LogP contribution is -2.42. The molecule has 1 saturated heterocycles. The summed E-state index contributed by atoms with van der Waals surface area (Å²) in [5.41, 5.74) is 6.90. The average molecular weight is 510 g/mol. The molecule has 0 unspecified atom stereocenters. The third-order valence-electron chi connectivity index (χ3n) is 8.11. The molecule has 0 spiro atoms. The second-order valence-electron chi connectivity index (χ2n) is 10.3. The summed E-state index contributed by atoms with van der Waals surface area (Å²) in [5, 5.41) is 1.28. The second-order valence-corrected chi connectivity index (χ2v) is 10.3. The van der Waals surface area contributed by atoms with E-state index in [1.807, 2.05) is 17.0 Å². The maximum Gasteiger partial charge on any atom is 0.242 e. The van der Waals surface area contributed by atoms with Gasteiger partial charge in [-0.2, -0.15) is 0 Å².